The van der Waals surface area contributed by atoms with Gasteiger partial charge in [-0.2, -0.15) is 0 Å². The van der Waals surface area contributed by atoms with Gasteiger partial charge in [-0.1, -0.05) is 0 Å². The molecule has 3 rings (SSSR count). The molecule has 0 unspecified atom stereocenters. The number of nitrogens with two attached hydrogens (primary N) is 1. The topological polar surface area (TPSA) is 55.0 Å². The minimum Gasteiger partial charge on any atom is -0.384 e. The summed E-state index contributed by atoms with van der Waals surface area (Å²) in [6.45, 7) is 2.75. The van der Waals surface area contributed by atoms with Gasteiger partial charge in [0.25, 0.3) is 0 Å². The number of aromatic nitrogens is 2. The molecule has 104 valence electrons. The zero-order chi connectivity index (χ0) is 14.1. The third-order valence-electron chi connectivity index (χ3n) is 3.42. The van der Waals surface area contributed by atoms with Crippen molar-refractivity contribution in [2.24, 2.45) is 0 Å². The monoisotopic (exact) mass is 272 g/mol. The van der Waals surface area contributed by atoms with Crippen molar-refractivity contribution in [3.63, 3.8) is 0 Å². The number of halogens is 1. The molecule has 0 atom stereocenters. The van der Waals surface area contributed by atoms with E-state index in [4.69, 9.17) is 5.73 Å². The lowest BCUT2D eigenvalue weighted by Crippen LogP contribution is -2.18. The van der Waals surface area contributed by atoms with Crippen molar-refractivity contribution >= 4 is 17.3 Å². The Balaban J connectivity index is 1.98. The summed E-state index contributed by atoms with van der Waals surface area (Å²) in [5, 5.41) is 0. The van der Waals surface area contributed by atoms with Crippen LogP contribution >= 0.6 is 0 Å². The van der Waals surface area contributed by atoms with E-state index in [-0.39, 0.29) is 5.82 Å². The molecule has 1 fully saturated rings. The van der Waals surface area contributed by atoms with E-state index in [0.717, 1.165) is 36.7 Å². The lowest BCUT2D eigenvalue weighted by Gasteiger charge is -2.22. The fourth-order valence-electron chi connectivity index (χ4n) is 2.23. The van der Waals surface area contributed by atoms with Crippen LogP contribution < -0.4 is 10.6 Å². The summed E-state index contributed by atoms with van der Waals surface area (Å²) in [6, 6.07) is 8.15. The van der Waals surface area contributed by atoms with Gasteiger partial charge in [0.2, 0.25) is 0 Å². The Labute approximate surface area is 117 Å². The third kappa shape index (κ3) is 2.57. The Morgan fingerprint density at radius 1 is 1.25 bits per heavy atom. The molecule has 1 aromatic carbocycles. The van der Waals surface area contributed by atoms with Crippen molar-refractivity contribution in [2.45, 2.75) is 25.7 Å². The lowest BCUT2D eigenvalue weighted by atomic mass is 10.2. The van der Waals surface area contributed by atoms with Crippen molar-refractivity contribution < 1.29 is 4.39 Å². The summed E-state index contributed by atoms with van der Waals surface area (Å²) in [4.78, 5) is 10.9. The third-order valence-corrected chi connectivity index (χ3v) is 3.42. The first-order valence-electron chi connectivity index (χ1n) is 6.85. The molecule has 1 saturated carbocycles. The molecular weight excluding hydrogens is 255 g/mol. The van der Waals surface area contributed by atoms with Gasteiger partial charge in [-0.15, -0.1) is 0 Å². The molecule has 20 heavy (non-hydrogen) atoms. The predicted octanol–water partition coefficient (Wildman–Crippen LogP) is 3.23. The first-order chi connectivity index (χ1) is 9.67. The molecule has 0 aliphatic heterocycles. The molecule has 0 radical (unpaired) electrons. The molecule has 1 heterocycles. The van der Waals surface area contributed by atoms with Crippen molar-refractivity contribution in [3.8, 4) is 0 Å². The predicted molar refractivity (Wildman–Crippen MR) is 77.5 cm³/mol. The van der Waals surface area contributed by atoms with Crippen molar-refractivity contribution in [3.05, 3.63) is 42.0 Å². The number of nitrogen functional groups attached to an aromatic ring is 1. The van der Waals surface area contributed by atoms with E-state index >= 15 is 0 Å². The number of benzene rings is 1. The van der Waals surface area contributed by atoms with Crippen LogP contribution in [0.3, 0.4) is 0 Å². The van der Waals surface area contributed by atoms with Crippen LogP contribution in [0.25, 0.3) is 0 Å². The molecule has 4 nitrogen and oxygen atoms in total. The fraction of sp³-hybridized carbons (Fsp3) is 0.333. The number of anilines is 3. The Morgan fingerprint density at radius 3 is 2.55 bits per heavy atom. The average Bonchev–Trinajstić information content (AvgIpc) is 3.25. The highest BCUT2D eigenvalue weighted by molar-refractivity contribution is 5.62. The van der Waals surface area contributed by atoms with Crippen molar-refractivity contribution in [1.29, 1.82) is 0 Å². The largest absolute Gasteiger partial charge is 0.384 e. The van der Waals surface area contributed by atoms with E-state index in [2.05, 4.69) is 9.97 Å². The molecule has 1 aliphatic rings. The smallest absolute Gasteiger partial charge is 0.138 e. The van der Waals surface area contributed by atoms with Gasteiger partial charge < -0.3 is 10.6 Å². The second-order valence-electron chi connectivity index (χ2n) is 5.00. The van der Waals surface area contributed by atoms with Crippen LogP contribution in [-0.4, -0.2) is 16.5 Å². The maximum absolute atomic E-state index is 13.0. The first kappa shape index (κ1) is 12.8. The van der Waals surface area contributed by atoms with Crippen LogP contribution in [0, 0.1) is 5.82 Å². The maximum atomic E-state index is 13.0. The van der Waals surface area contributed by atoms with Gasteiger partial charge in [-0.05, 0) is 44.0 Å². The summed E-state index contributed by atoms with van der Waals surface area (Å²) in [6.07, 6.45) is 2.26. The lowest BCUT2D eigenvalue weighted by molar-refractivity contribution is 0.627. The summed E-state index contributed by atoms with van der Waals surface area (Å²) in [5.74, 6) is 2.28. The van der Waals surface area contributed by atoms with E-state index in [1.165, 1.54) is 12.1 Å². The highest BCUT2D eigenvalue weighted by Crippen LogP contribution is 2.39. The minimum absolute atomic E-state index is 0.245. The van der Waals surface area contributed by atoms with E-state index < -0.39 is 0 Å². The molecule has 2 N–H and O–H groups in total. The number of nitrogens with zero attached hydrogens (tertiary/aromatic N) is 3. The molecule has 1 aliphatic carbocycles. The Kier molecular flexibility index (Phi) is 3.26. The number of rotatable bonds is 4. The summed E-state index contributed by atoms with van der Waals surface area (Å²) < 4.78 is 13.0. The van der Waals surface area contributed by atoms with Crippen LogP contribution in [0.5, 0.6) is 0 Å². The zero-order valence-electron chi connectivity index (χ0n) is 11.4. The van der Waals surface area contributed by atoms with Crippen LogP contribution in [0.15, 0.2) is 30.3 Å². The van der Waals surface area contributed by atoms with Crippen molar-refractivity contribution in [1.82, 2.24) is 9.97 Å². The Hall–Kier alpha value is -2.17. The molecule has 0 spiro atoms. The van der Waals surface area contributed by atoms with Crippen LogP contribution in [0.1, 0.15) is 31.5 Å². The van der Waals surface area contributed by atoms with Gasteiger partial charge in [0.1, 0.15) is 23.3 Å². The van der Waals surface area contributed by atoms with Gasteiger partial charge in [-0.3, -0.25) is 0 Å². The molecule has 1 aromatic heterocycles. The second-order valence-corrected chi connectivity index (χ2v) is 5.00. The first-order valence-corrected chi connectivity index (χ1v) is 6.85. The standard InChI is InChI=1S/C15H17FN4/c1-2-20(12-7-5-11(16)6-8-12)14-9-13(17)18-15(19-14)10-3-4-10/h5-10H,2-4H2,1H3,(H2,17,18,19). The molecule has 0 bridgehead atoms. The summed E-state index contributed by atoms with van der Waals surface area (Å²) in [7, 11) is 0. The van der Waals surface area contributed by atoms with E-state index in [9.17, 15) is 4.39 Å². The fourth-order valence-corrected chi connectivity index (χ4v) is 2.23. The molecule has 2 aromatic rings. The molecule has 0 amide bonds. The Morgan fingerprint density at radius 2 is 1.95 bits per heavy atom. The van der Waals surface area contributed by atoms with E-state index in [0.29, 0.717) is 11.7 Å². The van der Waals surface area contributed by atoms with Crippen LogP contribution in [0.4, 0.5) is 21.7 Å². The minimum atomic E-state index is -0.245. The van der Waals surface area contributed by atoms with Gasteiger partial charge >= 0.3 is 0 Å². The van der Waals surface area contributed by atoms with Crippen LogP contribution in [0.2, 0.25) is 0 Å². The van der Waals surface area contributed by atoms with Crippen molar-refractivity contribution in [2.75, 3.05) is 17.2 Å². The van der Waals surface area contributed by atoms with E-state index in [1.54, 1.807) is 18.2 Å². The highest BCUT2D eigenvalue weighted by atomic mass is 19.1. The SMILES string of the molecule is CCN(c1ccc(F)cc1)c1cc(N)nc(C2CC2)n1. The maximum Gasteiger partial charge on any atom is 0.138 e. The number of hydrogen-bond acceptors (Lipinski definition) is 4. The summed E-state index contributed by atoms with van der Waals surface area (Å²) >= 11 is 0. The average molecular weight is 272 g/mol. The number of hydrogen-bond donors (Lipinski definition) is 1. The van der Waals surface area contributed by atoms with Gasteiger partial charge in [0, 0.05) is 24.2 Å². The Bertz CT molecular complexity index is 608. The molecule has 0 saturated heterocycles. The van der Waals surface area contributed by atoms with E-state index in [1.807, 2.05) is 11.8 Å². The molecule has 5 heteroatoms. The van der Waals surface area contributed by atoms with Gasteiger partial charge in [0.15, 0.2) is 0 Å². The summed E-state index contributed by atoms with van der Waals surface area (Å²) in [5.41, 5.74) is 6.78. The normalized spacial score (nSPS) is 14.3. The highest BCUT2D eigenvalue weighted by Gasteiger charge is 2.27. The zero-order valence-corrected chi connectivity index (χ0v) is 11.4. The van der Waals surface area contributed by atoms with Crippen LogP contribution in [-0.2, 0) is 0 Å². The van der Waals surface area contributed by atoms with Gasteiger partial charge in [0.05, 0.1) is 0 Å². The molecular formula is C15H17FN4. The van der Waals surface area contributed by atoms with Gasteiger partial charge in [-0.25, -0.2) is 14.4 Å². The quantitative estimate of drug-likeness (QED) is 0.928. The second kappa shape index (κ2) is 5.07.